The first-order valence-electron chi connectivity index (χ1n) is 8.51. The normalized spacial score (nSPS) is 11.6. The summed E-state index contributed by atoms with van der Waals surface area (Å²) in [6.07, 6.45) is 6.48. The molecule has 138 valence electrons. The van der Waals surface area contributed by atoms with Crippen molar-refractivity contribution in [2.24, 2.45) is 10.2 Å². The highest BCUT2D eigenvalue weighted by atomic mass is 16.2. The number of aromatic nitrogens is 2. The molecule has 4 aromatic rings. The summed E-state index contributed by atoms with van der Waals surface area (Å²) in [6, 6.07) is 15.4. The number of nitrogens with zero attached hydrogens (tertiary/aromatic N) is 2. The molecule has 0 aliphatic rings. The molecule has 4 N–H and O–H groups in total. The largest absolute Gasteiger partial charge is 0.361 e. The number of H-pyrrole nitrogens is 2. The number of hydrogen-bond donors (Lipinski definition) is 4. The molecule has 0 aliphatic heterocycles. The molecule has 2 amide bonds. The zero-order valence-corrected chi connectivity index (χ0v) is 14.6. The van der Waals surface area contributed by atoms with Crippen LogP contribution in [0.15, 0.2) is 71.1 Å². The van der Waals surface area contributed by atoms with Gasteiger partial charge in [0.15, 0.2) is 0 Å². The number of hydrogen-bond acceptors (Lipinski definition) is 4. The lowest BCUT2D eigenvalue weighted by Crippen LogP contribution is -2.35. The van der Waals surface area contributed by atoms with Crippen LogP contribution in [0.2, 0.25) is 0 Å². The van der Waals surface area contributed by atoms with Crippen LogP contribution in [0.3, 0.4) is 0 Å². The fraction of sp³-hybridized carbons (Fsp3) is 0. The lowest BCUT2D eigenvalue weighted by atomic mass is 10.2. The molecule has 0 unspecified atom stereocenters. The van der Waals surface area contributed by atoms with Crippen molar-refractivity contribution in [1.29, 1.82) is 0 Å². The Morgan fingerprint density at radius 2 is 1.14 bits per heavy atom. The summed E-state index contributed by atoms with van der Waals surface area (Å²) in [6.45, 7) is 0. The van der Waals surface area contributed by atoms with Gasteiger partial charge in [-0.1, -0.05) is 36.4 Å². The van der Waals surface area contributed by atoms with E-state index in [4.69, 9.17) is 0 Å². The van der Waals surface area contributed by atoms with Gasteiger partial charge in [0.05, 0.1) is 12.4 Å². The van der Waals surface area contributed by atoms with Gasteiger partial charge in [0.25, 0.3) is 0 Å². The van der Waals surface area contributed by atoms with Gasteiger partial charge in [0.2, 0.25) is 0 Å². The van der Waals surface area contributed by atoms with E-state index in [1.54, 1.807) is 12.4 Å². The number of para-hydroxylation sites is 2. The van der Waals surface area contributed by atoms with Crippen LogP contribution >= 0.6 is 0 Å². The predicted molar refractivity (Wildman–Crippen MR) is 108 cm³/mol. The molecule has 2 heterocycles. The van der Waals surface area contributed by atoms with E-state index in [0.29, 0.717) is 0 Å². The number of fused-ring (bicyclic) bond motifs is 2. The van der Waals surface area contributed by atoms with E-state index in [1.165, 1.54) is 12.4 Å². The Hall–Kier alpha value is -4.20. The van der Waals surface area contributed by atoms with E-state index < -0.39 is 11.8 Å². The second-order valence-corrected chi connectivity index (χ2v) is 5.98. The second kappa shape index (κ2) is 7.58. The number of aromatic amines is 2. The van der Waals surface area contributed by atoms with E-state index in [9.17, 15) is 9.59 Å². The molecule has 0 bridgehead atoms. The monoisotopic (exact) mass is 372 g/mol. The number of carbonyl (C=O) groups excluding carboxylic acids is 2. The van der Waals surface area contributed by atoms with Gasteiger partial charge >= 0.3 is 11.8 Å². The molecule has 8 heteroatoms. The summed E-state index contributed by atoms with van der Waals surface area (Å²) in [5.74, 6) is -1.82. The molecule has 28 heavy (non-hydrogen) atoms. The van der Waals surface area contributed by atoms with Crippen molar-refractivity contribution >= 4 is 46.0 Å². The Balaban J connectivity index is 1.34. The van der Waals surface area contributed by atoms with Crippen molar-refractivity contribution in [3.8, 4) is 0 Å². The Kier molecular flexibility index (Phi) is 4.67. The first-order chi connectivity index (χ1) is 13.7. The van der Waals surface area contributed by atoms with Crippen LogP contribution in [0.4, 0.5) is 0 Å². The zero-order chi connectivity index (χ0) is 19.3. The maximum absolute atomic E-state index is 11.8. The minimum absolute atomic E-state index is 0.800. The van der Waals surface area contributed by atoms with Crippen LogP contribution < -0.4 is 10.9 Å². The van der Waals surface area contributed by atoms with Crippen molar-refractivity contribution in [3.63, 3.8) is 0 Å². The summed E-state index contributed by atoms with van der Waals surface area (Å²) in [5, 5.41) is 9.58. The minimum Gasteiger partial charge on any atom is -0.361 e. The molecular weight excluding hydrogens is 356 g/mol. The van der Waals surface area contributed by atoms with Gasteiger partial charge in [-0.2, -0.15) is 10.2 Å². The number of amides is 2. The van der Waals surface area contributed by atoms with E-state index in [1.807, 2.05) is 48.5 Å². The smallest absolute Gasteiger partial charge is 0.331 e. The van der Waals surface area contributed by atoms with Crippen molar-refractivity contribution in [2.75, 3.05) is 0 Å². The van der Waals surface area contributed by atoms with E-state index in [2.05, 4.69) is 31.0 Å². The Morgan fingerprint density at radius 1 is 0.714 bits per heavy atom. The third-order valence-corrected chi connectivity index (χ3v) is 4.19. The van der Waals surface area contributed by atoms with Gasteiger partial charge in [-0.05, 0) is 12.1 Å². The third-order valence-electron chi connectivity index (χ3n) is 4.19. The highest BCUT2D eigenvalue weighted by Crippen LogP contribution is 2.16. The average molecular weight is 372 g/mol. The van der Waals surface area contributed by atoms with Crippen molar-refractivity contribution in [3.05, 3.63) is 72.1 Å². The first kappa shape index (κ1) is 17.2. The van der Waals surface area contributed by atoms with Crippen LogP contribution in [0.25, 0.3) is 21.8 Å². The molecule has 0 saturated carbocycles. The number of carbonyl (C=O) groups is 2. The fourth-order valence-electron chi connectivity index (χ4n) is 2.82. The Labute approximate surface area is 159 Å². The van der Waals surface area contributed by atoms with Crippen LogP contribution in [-0.4, -0.2) is 34.2 Å². The maximum atomic E-state index is 11.8. The summed E-state index contributed by atoms with van der Waals surface area (Å²) in [5.41, 5.74) is 7.88. The molecule has 0 radical (unpaired) electrons. The van der Waals surface area contributed by atoms with E-state index >= 15 is 0 Å². The molecule has 0 aliphatic carbocycles. The van der Waals surface area contributed by atoms with Crippen molar-refractivity contribution in [1.82, 2.24) is 20.8 Å². The lowest BCUT2D eigenvalue weighted by Gasteiger charge is -1.98. The molecule has 0 atom stereocenters. The van der Waals surface area contributed by atoms with Gasteiger partial charge < -0.3 is 9.97 Å². The Bertz CT molecular complexity index is 1120. The van der Waals surface area contributed by atoms with E-state index in [0.717, 1.165) is 32.9 Å². The van der Waals surface area contributed by atoms with Gasteiger partial charge in [-0.25, -0.2) is 10.9 Å². The molecule has 0 fully saturated rings. The third kappa shape index (κ3) is 3.51. The highest BCUT2D eigenvalue weighted by Gasteiger charge is 2.11. The van der Waals surface area contributed by atoms with Crippen LogP contribution in [-0.2, 0) is 9.59 Å². The van der Waals surface area contributed by atoms with Gasteiger partial charge in [0.1, 0.15) is 0 Å². The summed E-state index contributed by atoms with van der Waals surface area (Å²) in [4.78, 5) is 29.8. The fourth-order valence-corrected chi connectivity index (χ4v) is 2.82. The van der Waals surface area contributed by atoms with Crippen molar-refractivity contribution in [2.45, 2.75) is 0 Å². The number of rotatable bonds is 4. The molecule has 0 spiro atoms. The second-order valence-electron chi connectivity index (χ2n) is 5.98. The van der Waals surface area contributed by atoms with Crippen LogP contribution in [0, 0.1) is 0 Å². The first-order valence-corrected chi connectivity index (χ1v) is 8.51. The molecule has 4 rings (SSSR count). The Morgan fingerprint density at radius 3 is 1.61 bits per heavy atom. The molecule has 2 aromatic carbocycles. The zero-order valence-electron chi connectivity index (χ0n) is 14.6. The van der Waals surface area contributed by atoms with E-state index in [-0.39, 0.29) is 0 Å². The summed E-state index contributed by atoms with van der Waals surface area (Å²) in [7, 11) is 0. The van der Waals surface area contributed by atoms with Gasteiger partial charge in [0, 0.05) is 45.3 Å². The number of benzene rings is 2. The van der Waals surface area contributed by atoms with Crippen LogP contribution in [0.1, 0.15) is 11.1 Å². The molecule has 0 saturated heterocycles. The molecule has 8 nitrogen and oxygen atoms in total. The van der Waals surface area contributed by atoms with Crippen molar-refractivity contribution < 1.29 is 9.59 Å². The average Bonchev–Trinajstić information content (AvgIpc) is 3.32. The molecule has 2 aromatic heterocycles. The summed E-state index contributed by atoms with van der Waals surface area (Å²) < 4.78 is 0. The molecular formula is C20H16N6O2. The SMILES string of the molecule is O=C(NN=Cc1c[nH]c2ccccc12)C(=O)NN=Cc1c[nH]c2ccccc12. The predicted octanol–water partition coefficient (Wildman–Crippen LogP) is 2.25. The standard InChI is InChI=1S/C20H16N6O2/c27-19(25-23-11-13-9-21-17-7-3-1-5-15(13)17)20(28)26-24-12-14-10-22-18-8-4-2-6-16(14)18/h1-12,21-22H,(H,25,27)(H,26,28). The topological polar surface area (TPSA) is 114 Å². The highest BCUT2D eigenvalue weighted by molar-refractivity contribution is 6.35. The van der Waals surface area contributed by atoms with Gasteiger partial charge in [-0.3, -0.25) is 9.59 Å². The maximum Gasteiger partial charge on any atom is 0.331 e. The summed E-state index contributed by atoms with van der Waals surface area (Å²) >= 11 is 0. The minimum atomic E-state index is -0.910. The number of nitrogens with one attached hydrogen (secondary N) is 4. The van der Waals surface area contributed by atoms with Crippen LogP contribution in [0.5, 0.6) is 0 Å². The number of hydrazone groups is 2. The van der Waals surface area contributed by atoms with Gasteiger partial charge in [-0.15, -0.1) is 0 Å². The quantitative estimate of drug-likeness (QED) is 0.250. The lowest BCUT2D eigenvalue weighted by molar-refractivity contribution is -0.139.